The number of fused-ring (bicyclic) bond motifs is 1. The minimum Gasteiger partial charge on any atom is -0.497 e. The van der Waals surface area contributed by atoms with Gasteiger partial charge in [-0.25, -0.2) is 8.42 Å². The van der Waals surface area contributed by atoms with E-state index in [1.54, 1.807) is 36.4 Å². The van der Waals surface area contributed by atoms with E-state index in [1.807, 2.05) is 0 Å². The monoisotopic (exact) mass is 393 g/mol. The maximum absolute atomic E-state index is 13.0. The van der Waals surface area contributed by atoms with Gasteiger partial charge < -0.3 is 19.7 Å². The number of ether oxygens (including phenoxy) is 2. The molecule has 27 heavy (non-hydrogen) atoms. The van der Waals surface area contributed by atoms with Crippen molar-refractivity contribution in [3.05, 3.63) is 53.6 Å². The fraction of sp³-hybridized carbons (Fsp3) is 0.368. The largest absolute Gasteiger partial charge is 0.497 e. The fourth-order valence-electron chi connectivity index (χ4n) is 3.45. The van der Waals surface area contributed by atoms with Crippen molar-refractivity contribution in [3.63, 3.8) is 0 Å². The van der Waals surface area contributed by atoms with Crippen LogP contribution in [0.2, 0.25) is 0 Å². The van der Waals surface area contributed by atoms with Crippen molar-refractivity contribution in [2.24, 2.45) is 0 Å². The quantitative estimate of drug-likeness (QED) is 0.769. The van der Waals surface area contributed by atoms with Crippen molar-refractivity contribution in [2.75, 3.05) is 27.4 Å². The lowest BCUT2D eigenvalue weighted by Crippen LogP contribution is -2.50. The van der Waals surface area contributed by atoms with Gasteiger partial charge in [-0.2, -0.15) is 4.31 Å². The van der Waals surface area contributed by atoms with Gasteiger partial charge in [-0.05, 0) is 30.2 Å². The topological polar surface area (TPSA) is 96.3 Å². The van der Waals surface area contributed by atoms with E-state index in [1.165, 1.54) is 24.6 Å². The van der Waals surface area contributed by atoms with Crippen LogP contribution in [0, 0.1) is 0 Å². The number of nitrogens with zero attached hydrogens (tertiary/aromatic N) is 1. The molecule has 0 fully saturated rings. The predicted molar refractivity (Wildman–Crippen MR) is 99.4 cm³/mol. The molecule has 2 N–H and O–H groups in total. The molecule has 146 valence electrons. The van der Waals surface area contributed by atoms with Crippen LogP contribution in [0.5, 0.6) is 11.5 Å². The van der Waals surface area contributed by atoms with Crippen LogP contribution in [-0.2, 0) is 16.4 Å². The van der Waals surface area contributed by atoms with Crippen molar-refractivity contribution in [2.45, 2.75) is 23.5 Å². The average Bonchev–Trinajstić information content (AvgIpc) is 2.68. The van der Waals surface area contributed by atoms with E-state index in [4.69, 9.17) is 9.47 Å². The molecule has 8 heteroatoms. The number of hydrogen-bond donors (Lipinski definition) is 2. The Kier molecular flexibility index (Phi) is 5.71. The van der Waals surface area contributed by atoms with Crippen molar-refractivity contribution >= 4 is 10.0 Å². The van der Waals surface area contributed by atoms with E-state index < -0.39 is 22.2 Å². The van der Waals surface area contributed by atoms with Gasteiger partial charge in [-0.1, -0.05) is 18.2 Å². The summed E-state index contributed by atoms with van der Waals surface area (Å²) in [7, 11) is -0.759. The fourth-order valence-corrected chi connectivity index (χ4v) is 5.31. The van der Waals surface area contributed by atoms with Crippen LogP contribution in [0.1, 0.15) is 17.2 Å². The second-order valence-corrected chi connectivity index (χ2v) is 8.17. The maximum atomic E-state index is 13.0. The molecule has 2 atom stereocenters. The summed E-state index contributed by atoms with van der Waals surface area (Å²) in [5, 5.41) is 20.3. The standard InChI is InChI=1S/C19H23NO6S/c1-25-14-9-13(10-15(12-14)26-2)11-17-19(22)16-5-3-4-6-18(16)27(23,24)20(17)7-8-21/h3-6,9-10,12,17,19,21-22H,7-8,11H2,1-2H3/t17-,19-/m0/s1. The van der Waals surface area contributed by atoms with Gasteiger partial charge in [0.05, 0.1) is 37.9 Å². The van der Waals surface area contributed by atoms with Crippen LogP contribution in [0.4, 0.5) is 0 Å². The van der Waals surface area contributed by atoms with Crippen molar-refractivity contribution in [3.8, 4) is 11.5 Å². The van der Waals surface area contributed by atoms with Gasteiger partial charge in [0.1, 0.15) is 11.5 Å². The molecule has 1 aliphatic rings. The zero-order chi connectivity index (χ0) is 19.6. The second kappa shape index (κ2) is 7.85. The third-order valence-corrected chi connectivity index (χ3v) is 6.73. The molecule has 0 spiro atoms. The van der Waals surface area contributed by atoms with Crippen LogP contribution in [0.15, 0.2) is 47.4 Å². The minimum atomic E-state index is -3.83. The van der Waals surface area contributed by atoms with E-state index in [0.717, 1.165) is 5.56 Å². The van der Waals surface area contributed by atoms with Crippen molar-refractivity contribution < 1.29 is 28.1 Å². The van der Waals surface area contributed by atoms with Crippen molar-refractivity contribution in [1.29, 1.82) is 0 Å². The summed E-state index contributed by atoms with van der Waals surface area (Å²) in [5.74, 6) is 1.15. The number of aliphatic hydroxyl groups is 2. The molecule has 0 radical (unpaired) electrons. The minimum absolute atomic E-state index is 0.0745. The van der Waals surface area contributed by atoms with Gasteiger partial charge in [-0.15, -0.1) is 0 Å². The highest BCUT2D eigenvalue weighted by atomic mass is 32.2. The highest BCUT2D eigenvalue weighted by Gasteiger charge is 2.43. The lowest BCUT2D eigenvalue weighted by Gasteiger charge is -2.39. The molecule has 7 nitrogen and oxygen atoms in total. The third-order valence-electron chi connectivity index (χ3n) is 4.74. The Morgan fingerprint density at radius 1 is 1.07 bits per heavy atom. The zero-order valence-electron chi connectivity index (χ0n) is 15.2. The molecule has 0 bridgehead atoms. The summed E-state index contributed by atoms with van der Waals surface area (Å²) in [6.07, 6.45) is -0.782. The summed E-state index contributed by atoms with van der Waals surface area (Å²) in [5.41, 5.74) is 1.12. The van der Waals surface area contributed by atoms with Gasteiger partial charge in [0.15, 0.2) is 0 Å². The molecular weight excluding hydrogens is 370 g/mol. The Morgan fingerprint density at radius 3 is 2.30 bits per heavy atom. The third kappa shape index (κ3) is 3.66. The van der Waals surface area contributed by atoms with Crippen LogP contribution < -0.4 is 9.47 Å². The molecule has 3 rings (SSSR count). The molecule has 0 saturated carbocycles. The Bertz CT molecular complexity index is 892. The number of aliphatic hydroxyl groups excluding tert-OH is 2. The van der Waals surface area contributed by atoms with Gasteiger partial charge >= 0.3 is 0 Å². The first-order valence-corrected chi connectivity index (χ1v) is 9.98. The normalized spacial score (nSPS) is 21.5. The Labute approximate surface area is 158 Å². The number of methoxy groups -OCH3 is 2. The highest BCUT2D eigenvalue weighted by molar-refractivity contribution is 7.89. The molecule has 1 heterocycles. The molecular formula is C19H23NO6S. The van der Waals surface area contributed by atoms with Crippen LogP contribution in [0.25, 0.3) is 0 Å². The summed E-state index contributed by atoms with van der Waals surface area (Å²) >= 11 is 0. The van der Waals surface area contributed by atoms with E-state index in [2.05, 4.69) is 0 Å². The molecule has 0 aromatic heterocycles. The Balaban J connectivity index is 2.05. The molecule has 0 aliphatic carbocycles. The van der Waals surface area contributed by atoms with E-state index in [-0.39, 0.29) is 24.5 Å². The first-order chi connectivity index (χ1) is 12.9. The summed E-state index contributed by atoms with van der Waals surface area (Å²) in [6, 6.07) is 10.9. The maximum Gasteiger partial charge on any atom is 0.243 e. The van der Waals surface area contributed by atoms with Gasteiger partial charge in [0.2, 0.25) is 10.0 Å². The van der Waals surface area contributed by atoms with Crippen LogP contribution in [0.3, 0.4) is 0 Å². The highest BCUT2D eigenvalue weighted by Crippen LogP contribution is 2.38. The predicted octanol–water partition coefficient (Wildman–Crippen LogP) is 1.35. The molecule has 2 aromatic rings. The average molecular weight is 393 g/mol. The number of β-amino-alcohol motifs (C(OH)–C–C–N with tert-alkyl or cyclic N) is 1. The van der Waals surface area contributed by atoms with Crippen LogP contribution in [-0.4, -0.2) is 56.3 Å². The lowest BCUT2D eigenvalue weighted by atomic mass is 9.95. The Morgan fingerprint density at radius 2 is 1.70 bits per heavy atom. The van der Waals surface area contributed by atoms with E-state index >= 15 is 0 Å². The van der Waals surface area contributed by atoms with Crippen LogP contribution >= 0.6 is 0 Å². The van der Waals surface area contributed by atoms with E-state index in [0.29, 0.717) is 17.1 Å². The number of rotatable bonds is 6. The summed E-state index contributed by atoms with van der Waals surface area (Å²) < 4.78 is 37.8. The smallest absolute Gasteiger partial charge is 0.243 e. The number of benzene rings is 2. The first kappa shape index (κ1) is 19.6. The van der Waals surface area contributed by atoms with Gasteiger partial charge in [0, 0.05) is 18.2 Å². The van der Waals surface area contributed by atoms with Gasteiger partial charge in [0.25, 0.3) is 0 Å². The lowest BCUT2D eigenvalue weighted by molar-refractivity contribution is 0.0724. The molecule has 2 aromatic carbocycles. The molecule has 1 aliphatic heterocycles. The second-order valence-electron chi connectivity index (χ2n) is 6.31. The van der Waals surface area contributed by atoms with E-state index in [9.17, 15) is 18.6 Å². The number of hydrogen-bond acceptors (Lipinski definition) is 6. The first-order valence-electron chi connectivity index (χ1n) is 8.54. The molecule has 0 saturated heterocycles. The molecule has 0 unspecified atom stereocenters. The molecule has 0 amide bonds. The van der Waals surface area contributed by atoms with Gasteiger partial charge in [-0.3, -0.25) is 0 Å². The van der Waals surface area contributed by atoms with Crippen molar-refractivity contribution in [1.82, 2.24) is 4.31 Å². The zero-order valence-corrected chi connectivity index (χ0v) is 16.0. The summed E-state index contributed by atoms with van der Waals surface area (Å²) in [4.78, 5) is 0.0745. The SMILES string of the molecule is COc1cc(C[C@H]2[C@@H](O)c3ccccc3S(=O)(=O)N2CCO)cc(OC)c1. The Hall–Kier alpha value is -2.13. The summed E-state index contributed by atoms with van der Waals surface area (Å²) in [6.45, 7) is -0.439. The number of sulfonamides is 1.